The molecular weight excluding hydrogens is 192 g/mol. The van der Waals surface area contributed by atoms with Gasteiger partial charge in [0.2, 0.25) is 15.9 Å². The Labute approximate surface area is 78.4 Å². The van der Waals surface area contributed by atoms with E-state index >= 15 is 0 Å². The van der Waals surface area contributed by atoms with Crippen molar-refractivity contribution in [2.24, 2.45) is 0 Å². The van der Waals surface area contributed by atoms with Gasteiger partial charge in [0.1, 0.15) is 0 Å². The lowest BCUT2D eigenvalue weighted by Gasteiger charge is -2.32. The minimum atomic E-state index is -3.12. The number of sulfonamides is 1. The lowest BCUT2D eigenvalue weighted by Crippen LogP contribution is -2.49. The molecule has 0 aliphatic carbocycles. The summed E-state index contributed by atoms with van der Waals surface area (Å²) >= 11 is 0. The zero-order valence-electron chi connectivity index (χ0n) is 7.43. The SMILES string of the molecule is [CH]C(=O)N1CCN(S(C)(=O)=O)CC1. The number of amides is 1. The maximum absolute atomic E-state index is 11.1. The Balaban J connectivity index is 2.53. The summed E-state index contributed by atoms with van der Waals surface area (Å²) < 4.78 is 23.4. The van der Waals surface area contributed by atoms with Gasteiger partial charge in [0.15, 0.2) is 0 Å². The van der Waals surface area contributed by atoms with Crippen LogP contribution in [0.3, 0.4) is 0 Å². The number of hydrogen-bond donors (Lipinski definition) is 0. The van der Waals surface area contributed by atoms with E-state index in [4.69, 9.17) is 6.92 Å². The predicted molar refractivity (Wildman–Crippen MR) is 47.3 cm³/mol. The number of hydrogen-bond acceptors (Lipinski definition) is 3. The molecule has 0 atom stereocenters. The molecule has 1 saturated heterocycles. The second kappa shape index (κ2) is 3.63. The first kappa shape index (κ1) is 10.5. The smallest absolute Gasteiger partial charge is 0.227 e. The average Bonchev–Trinajstić information content (AvgIpc) is 2.03. The summed E-state index contributed by atoms with van der Waals surface area (Å²) in [5, 5.41) is 0. The molecule has 0 unspecified atom stereocenters. The van der Waals surface area contributed by atoms with E-state index in [0.29, 0.717) is 26.2 Å². The molecule has 0 bridgehead atoms. The molecule has 1 amide bonds. The lowest BCUT2D eigenvalue weighted by atomic mass is 10.3. The third-order valence-electron chi connectivity index (χ3n) is 2.02. The third kappa shape index (κ3) is 2.67. The van der Waals surface area contributed by atoms with Crippen molar-refractivity contribution in [2.45, 2.75) is 0 Å². The summed E-state index contributed by atoms with van der Waals surface area (Å²) in [6.07, 6.45) is 1.16. The monoisotopic (exact) mass is 204 g/mol. The molecule has 74 valence electrons. The van der Waals surface area contributed by atoms with Gasteiger partial charge in [-0.25, -0.2) is 8.42 Å². The van der Waals surface area contributed by atoms with Crippen molar-refractivity contribution < 1.29 is 13.2 Å². The van der Waals surface area contributed by atoms with Crippen LogP contribution in [0.25, 0.3) is 0 Å². The van der Waals surface area contributed by atoms with Crippen molar-refractivity contribution in [3.8, 4) is 0 Å². The van der Waals surface area contributed by atoms with Gasteiger partial charge in [-0.15, -0.1) is 0 Å². The second-order valence-electron chi connectivity index (χ2n) is 2.99. The van der Waals surface area contributed by atoms with Crippen molar-refractivity contribution in [2.75, 3.05) is 32.4 Å². The number of nitrogens with zero attached hydrogens (tertiary/aromatic N) is 2. The Kier molecular flexibility index (Phi) is 2.92. The lowest BCUT2D eigenvalue weighted by molar-refractivity contribution is -0.127. The molecule has 0 N–H and O–H groups in total. The Hall–Kier alpha value is -0.620. The molecule has 1 aliphatic rings. The fraction of sp³-hybridized carbons (Fsp3) is 0.714. The molecule has 0 spiro atoms. The Bertz CT molecular complexity index is 291. The Morgan fingerprint density at radius 1 is 1.23 bits per heavy atom. The summed E-state index contributed by atoms with van der Waals surface area (Å²) in [6.45, 7) is 6.47. The van der Waals surface area contributed by atoms with Gasteiger partial charge in [0, 0.05) is 26.2 Å². The maximum Gasteiger partial charge on any atom is 0.227 e. The fourth-order valence-electron chi connectivity index (χ4n) is 1.24. The van der Waals surface area contributed by atoms with Gasteiger partial charge < -0.3 is 4.90 Å². The van der Waals surface area contributed by atoms with E-state index in [1.54, 1.807) is 0 Å². The molecule has 1 aliphatic heterocycles. The highest BCUT2D eigenvalue weighted by Gasteiger charge is 2.24. The van der Waals surface area contributed by atoms with Crippen LogP contribution in [0.15, 0.2) is 0 Å². The van der Waals surface area contributed by atoms with Gasteiger partial charge in [-0.3, -0.25) is 4.79 Å². The van der Waals surface area contributed by atoms with E-state index in [1.165, 1.54) is 9.21 Å². The van der Waals surface area contributed by atoms with Crippen molar-refractivity contribution in [3.63, 3.8) is 0 Å². The molecular formula is C7H12N2O3S. The zero-order chi connectivity index (χ0) is 10.1. The average molecular weight is 204 g/mol. The normalized spacial score (nSPS) is 20.3. The van der Waals surface area contributed by atoms with E-state index in [-0.39, 0.29) is 0 Å². The van der Waals surface area contributed by atoms with Crippen molar-refractivity contribution in [3.05, 3.63) is 6.92 Å². The standard InChI is InChI=1S/C7H12N2O3S/c1-7(10)8-3-5-9(6-4-8)13(2,11)12/h1H,3-6H2,2H3. The molecule has 1 heterocycles. The molecule has 6 heteroatoms. The van der Waals surface area contributed by atoms with Crippen LogP contribution >= 0.6 is 0 Å². The molecule has 1 fully saturated rings. The number of carbonyl (C=O) groups is 1. The maximum atomic E-state index is 11.1. The minimum absolute atomic E-state index is 0.335. The van der Waals surface area contributed by atoms with Crippen molar-refractivity contribution in [1.82, 2.24) is 9.21 Å². The van der Waals surface area contributed by atoms with Crippen LogP contribution in [-0.4, -0.2) is 56.0 Å². The minimum Gasteiger partial charge on any atom is -0.340 e. The number of piperazine rings is 1. The van der Waals surface area contributed by atoms with E-state index in [0.717, 1.165) is 6.26 Å². The predicted octanol–water partition coefficient (Wildman–Crippen LogP) is -1.20. The van der Waals surface area contributed by atoms with Gasteiger partial charge in [-0.2, -0.15) is 4.31 Å². The highest BCUT2D eigenvalue weighted by molar-refractivity contribution is 7.88. The Morgan fingerprint density at radius 2 is 1.69 bits per heavy atom. The van der Waals surface area contributed by atoms with Gasteiger partial charge in [0.05, 0.1) is 13.2 Å². The first-order valence-corrected chi connectivity index (χ1v) is 5.75. The van der Waals surface area contributed by atoms with Crippen LogP contribution in [0.1, 0.15) is 0 Å². The van der Waals surface area contributed by atoms with Crippen LogP contribution in [-0.2, 0) is 14.8 Å². The molecule has 2 radical (unpaired) electrons. The molecule has 1 rings (SSSR count). The van der Waals surface area contributed by atoms with E-state index in [9.17, 15) is 13.2 Å². The molecule has 0 aromatic heterocycles. The number of rotatable bonds is 1. The van der Waals surface area contributed by atoms with Crippen LogP contribution < -0.4 is 0 Å². The van der Waals surface area contributed by atoms with E-state index in [2.05, 4.69) is 0 Å². The third-order valence-corrected chi connectivity index (χ3v) is 3.32. The van der Waals surface area contributed by atoms with Gasteiger partial charge in [0.25, 0.3) is 0 Å². The quantitative estimate of drug-likeness (QED) is 0.539. The fourth-order valence-corrected chi connectivity index (χ4v) is 2.07. The first-order chi connectivity index (χ1) is 5.91. The highest BCUT2D eigenvalue weighted by atomic mass is 32.2. The summed E-state index contributed by atoms with van der Waals surface area (Å²) in [7, 11) is -3.12. The number of carbonyl (C=O) groups excluding carboxylic acids is 1. The summed E-state index contributed by atoms with van der Waals surface area (Å²) in [6, 6.07) is 0. The van der Waals surface area contributed by atoms with Gasteiger partial charge in [-0.1, -0.05) is 0 Å². The Morgan fingerprint density at radius 3 is 2.00 bits per heavy atom. The van der Waals surface area contributed by atoms with Crippen LogP contribution in [0.4, 0.5) is 0 Å². The second-order valence-corrected chi connectivity index (χ2v) is 4.97. The molecule has 0 aromatic carbocycles. The van der Waals surface area contributed by atoms with E-state index < -0.39 is 15.9 Å². The van der Waals surface area contributed by atoms with Crippen molar-refractivity contribution in [1.29, 1.82) is 0 Å². The summed E-state index contributed by atoms with van der Waals surface area (Å²) in [5.41, 5.74) is 0. The van der Waals surface area contributed by atoms with Gasteiger partial charge in [-0.05, 0) is 0 Å². The summed E-state index contributed by atoms with van der Waals surface area (Å²) in [4.78, 5) is 12.1. The van der Waals surface area contributed by atoms with Crippen LogP contribution in [0.5, 0.6) is 0 Å². The van der Waals surface area contributed by atoms with Crippen LogP contribution in [0.2, 0.25) is 0 Å². The molecule has 5 nitrogen and oxygen atoms in total. The van der Waals surface area contributed by atoms with Crippen LogP contribution in [0, 0.1) is 6.92 Å². The van der Waals surface area contributed by atoms with E-state index in [1.807, 2.05) is 0 Å². The zero-order valence-corrected chi connectivity index (χ0v) is 8.25. The van der Waals surface area contributed by atoms with Gasteiger partial charge >= 0.3 is 0 Å². The molecule has 0 aromatic rings. The summed E-state index contributed by atoms with van der Waals surface area (Å²) in [5.74, 6) is -0.492. The highest BCUT2D eigenvalue weighted by Crippen LogP contribution is 2.05. The largest absolute Gasteiger partial charge is 0.340 e. The van der Waals surface area contributed by atoms with Crippen molar-refractivity contribution >= 4 is 15.9 Å². The first-order valence-electron chi connectivity index (χ1n) is 3.91. The molecule has 13 heavy (non-hydrogen) atoms. The molecule has 0 saturated carbocycles. The topological polar surface area (TPSA) is 57.7 Å².